The van der Waals surface area contributed by atoms with Crippen molar-refractivity contribution in [2.75, 3.05) is 13.2 Å². The van der Waals surface area contributed by atoms with E-state index in [1.165, 1.54) is 0 Å². The van der Waals surface area contributed by atoms with Gasteiger partial charge in [-0.25, -0.2) is 0 Å². The maximum Gasteiger partial charge on any atom is 0.326 e. The van der Waals surface area contributed by atoms with Crippen molar-refractivity contribution in [3.8, 4) is 5.75 Å². The van der Waals surface area contributed by atoms with Gasteiger partial charge in [0, 0.05) is 10.6 Å². The summed E-state index contributed by atoms with van der Waals surface area (Å²) in [6, 6.07) is 14.6. The summed E-state index contributed by atoms with van der Waals surface area (Å²) in [7, 11) is 0. The monoisotopic (exact) mass is 459 g/mol. The lowest BCUT2D eigenvalue weighted by Gasteiger charge is -2.12. The second-order valence-corrected chi connectivity index (χ2v) is 8.70. The Hall–Kier alpha value is -2.77. The van der Waals surface area contributed by atoms with E-state index < -0.39 is 23.7 Å². The highest BCUT2D eigenvalue weighted by Crippen LogP contribution is 2.32. The molecule has 0 spiro atoms. The van der Waals surface area contributed by atoms with E-state index in [9.17, 15) is 14.4 Å². The fraction of sp³-hybridized carbons (Fsp3) is 0.261. The summed E-state index contributed by atoms with van der Waals surface area (Å²) >= 11 is 6.94. The molecular formula is C23H22ClNO5S. The summed E-state index contributed by atoms with van der Waals surface area (Å²) in [6.45, 7) is 3.96. The van der Waals surface area contributed by atoms with Crippen LogP contribution in [0.1, 0.15) is 25.0 Å². The van der Waals surface area contributed by atoms with Crippen LogP contribution >= 0.6 is 23.4 Å². The minimum absolute atomic E-state index is 0.172. The lowest BCUT2D eigenvalue weighted by Crippen LogP contribution is -2.34. The van der Waals surface area contributed by atoms with Crippen LogP contribution in [0.15, 0.2) is 53.4 Å². The Bertz CT molecular complexity index is 1020. The molecule has 2 aromatic carbocycles. The first kappa shape index (κ1) is 22.9. The zero-order chi connectivity index (χ0) is 22.4. The lowest BCUT2D eigenvalue weighted by atomic mass is 10.2. The van der Waals surface area contributed by atoms with Crippen LogP contribution in [0, 0.1) is 5.92 Å². The number of rotatable bonds is 8. The van der Waals surface area contributed by atoms with E-state index in [0.29, 0.717) is 22.9 Å². The highest BCUT2D eigenvalue weighted by Gasteiger charge is 2.36. The van der Waals surface area contributed by atoms with Gasteiger partial charge in [-0.3, -0.25) is 19.3 Å². The molecule has 0 saturated carbocycles. The third-order valence-corrected chi connectivity index (χ3v) is 5.52. The number of thioether (sulfide) groups is 1. The van der Waals surface area contributed by atoms with Gasteiger partial charge in [-0.15, -0.1) is 0 Å². The third kappa shape index (κ3) is 6.35. The largest absolute Gasteiger partial charge is 0.489 e. The molecule has 162 valence electrons. The molecule has 8 heteroatoms. The number of nitrogens with zero attached hydrogens (tertiary/aromatic N) is 1. The van der Waals surface area contributed by atoms with Crippen LogP contribution in [0.25, 0.3) is 6.08 Å². The number of amides is 2. The second-order valence-electron chi connectivity index (χ2n) is 7.30. The first-order valence-electron chi connectivity index (χ1n) is 9.70. The summed E-state index contributed by atoms with van der Waals surface area (Å²) in [5.74, 6) is -0.345. The van der Waals surface area contributed by atoms with Crippen LogP contribution in [0.2, 0.25) is 5.02 Å². The maximum absolute atomic E-state index is 12.6. The Labute approximate surface area is 190 Å². The van der Waals surface area contributed by atoms with Crippen molar-refractivity contribution in [2.45, 2.75) is 20.5 Å². The third-order valence-electron chi connectivity index (χ3n) is 4.25. The number of benzene rings is 2. The molecule has 0 atom stereocenters. The van der Waals surface area contributed by atoms with Crippen molar-refractivity contribution in [3.05, 3.63) is 69.6 Å². The molecule has 1 heterocycles. The molecule has 1 saturated heterocycles. The highest BCUT2D eigenvalue weighted by molar-refractivity contribution is 8.18. The predicted molar refractivity (Wildman–Crippen MR) is 121 cm³/mol. The van der Waals surface area contributed by atoms with Crippen LogP contribution in [0.5, 0.6) is 5.75 Å². The summed E-state index contributed by atoms with van der Waals surface area (Å²) < 4.78 is 10.9. The molecule has 0 aromatic heterocycles. The van der Waals surface area contributed by atoms with Crippen LogP contribution in [0.3, 0.4) is 0 Å². The number of halogens is 1. The Kier molecular flexibility index (Phi) is 7.76. The number of carbonyl (C=O) groups excluding carboxylic acids is 3. The van der Waals surface area contributed by atoms with Gasteiger partial charge in [-0.05, 0) is 47.5 Å². The van der Waals surface area contributed by atoms with Crippen molar-refractivity contribution in [1.82, 2.24) is 4.90 Å². The molecule has 0 aliphatic carbocycles. The molecule has 0 bridgehead atoms. The Morgan fingerprint density at radius 1 is 1.16 bits per heavy atom. The second kappa shape index (κ2) is 10.5. The van der Waals surface area contributed by atoms with E-state index >= 15 is 0 Å². The highest BCUT2D eigenvalue weighted by atomic mass is 35.5. The van der Waals surface area contributed by atoms with E-state index in [0.717, 1.165) is 22.2 Å². The summed E-state index contributed by atoms with van der Waals surface area (Å²) in [5.41, 5.74) is 1.56. The minimum atomic E-state index is -0.604. The summed E-state index contributed by atoms with van der Waals surface area (Å²) in [5, 5.41) is 0.128. The van der Waals surface area contributed by atoms with Crippen molar-refractivity contribution >= 4 is 46.6 Å². The molecule has 6 nitrogen and oxygen atoms in total. The molecule has 1 fully saturated rings. The van der Waals surface area contributed by atoms with Gasteiger partial charge < -0.3 is 9.47 Å². The molecule has 1 aliphatic rings. The van der Waals surface area contributed by atoms with Gasteiger partial charge >= 0.3 is 5.97 Å². The van der Waals surface area contributed by atoms with Crippen molar-refractivity contribution in [2.24, 2.45) is 5.92 Å². The Morgan fingerprint density at radius 3 is 2.68 bits per heavy atom. The van der Waals surface area contributed by atoms with Gasteiger partial charge in [-0.2, -0.15) is 0 Å². The van der Waals surface area contributed by atoms with E-state index in [2.05, 4.69) is 0 Å². The topological polar surface area (TPSA) is 72.9 Å². The smallest absolute Gasteiger partial charge is 0.326 e. The van der Waals surface area contributed by atoms with E-state index in [1.54, 1.807) is 36.4 Å². The first-order chi connectivity index (χ1) is 14.8. The predicted octanol–water partition coefficient (Wildman–Crippen LogP) is 5.15. The Balaban J connectivity index is 1.65. The number of ether oxygens (including phenoxy) is 2. The molecule has 31 heavy (non-hydrogen) atoms. The standard InChI is InChI=1S/C23H22ClNO5S/c1-15(2)13-30-21(26)12-25-22(27)20(31-23(25)28)11-16-6-5-8-18(10-16)29-14-17-7-3-4-9-19(17)24/h3-11,15H,12-14H2,1-2H3/b20-11+. The summed E-state index contributed by atoms with van der Waals surface area (Å²) in [6.07, 6.45) is 1.60. The van der Waals surface area contributed by atoms with Crippen LogP contribution in [-0.2, 0) is 20.9 Å². The van der Waals surface area contributed by atoms with Crippen LogP contribution in [-0.4, -0.2) is 35.2 Å². The number of hydrogen-bond acceptors (Lipinski definition) is 6. The fourth-order valence-electron chi connectivity index (χ4n) is 2.69. The number of hydrogen-bond donors (Lipinski definition) is 0. The van der Waals surface area contributed by atoms with Crippen molar-refractivity contribution in [1.29, 1.82) is 0 Å². The average molecular weight is 460 g/mol. The molecule has 3 rings (SSSR count). The number of esters is 1. The molecule has 1 aliphatic heterocycles. The SMILES string of the molecule is CC(C)COC(=O)CN1C(=O)S/C(=C/c2cccc(OCc3ccccc3Cl)c2)C1=O. The molecule has 0 radical (unpaired) electrons. The normalized spacial score (nSPS) is 15.1. The molecule has 0 N–H and O–H groups in total. The van der Waals surface area contributed by atoms with Gasteiger partial charge in [0.25, 0.3) is 11.1 Å². The summed E-state index contributed by atoms with van der Waals surface area (Å²) in [4.78, 5) is 37.8. The zero-order valence-corrected chi connectivity index (χ0v) is 18.7. The van der Waals surface area contributed by atoms with Gasteiger partial charge in [0.15, 0.2) is 0 Å². The fourth-order valence-corrected chi connectivity index (χ4v) is 3.72. The average Bonchev–Trinajstić information content (AvgIpc) is 2.99. The van der Waals surface area contributed by atoms with E-state index in [-0.39, 0.29) is 17.4 Å². The van der Waals surface area contributed by atoms with Crippen molar-refractivity contribution < 1.29 is 23.9 Å². The van der Waals surface area contributed by atoms with E-state index in [1.807, 2.05) is 32.0 Å². The van der Waals surface area contributed by atoms with Gasteiger partial charge in [-0.1, -0.05) is 55.8 Å². The lowest BCUT2D eigenvalue weighted by molar-refractivity contribution is -0.147. The van der Waals surface area contributed by atoms with E-state index in [4.69, 9.17) is 21.1 Å². The Morgan fingerprint density at radius 2 is 1.94 bits per heavy atom. The minimum Gasteiger partial charge on any atom is -0.489 e. The maximum atomic E-state index is 12.6. The first-order valence-corrected chi connectivity index (χ1v) is 10.9. The molecule has 2 amide bonds. The zero-order valence-electron chi connectivity index (χ0n) is 17.2. The van der Waals surface area contributed by atoms with Crippen LogP contribution in [0.4, 0.5) is 4.79 Å². The molecule has 0 unspecified atom stereocenters. The molecule has 2 aromatic rings. The number of carbonyl (C=O) groups is 3. The van der Waals surface area contributed by atoms with Gasteiger partial charge in [0.1, 0.15) is 18.9 Å². The molecular weight excluding hydrogens is 438 g/mol. The quantitative estimate of drug-likeness (QED) is 0.401. The van der Waals surface area contributed by atoms with Gasteiger partial charge in [0.2, 0.25) is 0 Å². The van der Waals surface area contributed by atoms with Gasteiger partial charge in [0.05, 0.1) is 11.5 Å². The van der Waals surface area contributed by atoms with Crippen LogP contribution < -0.4 is 4.74 Å². The van der Waals surface area contributed by atoms with Crippen molar-refractivity contribution in [3.63, 3.8) is 0 Å². The number of imide groups is 1.